The van der Waals surface area contributed by atoms with Gasteiger partial charge in [-0.2, -0.15) is 0 Å². The van der Waals surface area contributed by atoms with E-state index in [1.165, 1.54) is 12.7 Å². The lowest BCUT2D eigenvalue weighted by molar-refractivity contribution is -0.147. The molecule has 2 fully saturated rings. The molecule has 1 aromatic carbocycles. The normalized spacial score (nSPS) is 20.6. The number of hydrogen-bond acceptors (Lipinski definition) is 7. The number of aliphatic hydroxyl groups is 1. The third-order valence-corrected chi connectivity index (χ3v) is 5.47. The topological polar surface area (TPSA) is 71.5 Å². The fourth-order valence-corrected chi connectivity index (χ4v) is 3.77. The minimum absolute atomic E-state index is 0.00869. The number of benzene rings is 1. The maximum Gasteiger partial charge on any atom is 0.308 e. The number of methoxy groups -OCH3 is 1. The average Bonchev–Trinajstić information content (AvgIpc) is 2.74. The number of carbonyl (C=O) groups is 1. The van der Waals surface area contributed by atoms with Gasteiger partial charge in [0.1, 0.15) is 18.5 Å². The summed E-state index contributed by atoms with van der Waals surface area (Å²) in [6, 6.07) is 8.08. The second kappa shape index (κ2) is 10.8. The highest BCUT2D eigenvalue weighted by atomic mass is 16.5. The van der Waals surface area contributed by atoms with Crippen LogP contribution >= 0.6 is 0 Å². The van der Waals surface area contributed by atoms with Crippen LogP contribution in [0.3, 0.4) is 0 Å². The smallest absolute Gasteiger partial charge is 0.308 e. The third-order valence-electron chi connectivity index (χ3n) is 5.47. The molecule has 0 amide bonds. The highest BCUT2D eigenvalue weighted by Crippen LogP contribution is 2.19. The molecule has 156 valence electrons. The number of β-amino-alcohol motifs (C(OH)–C–C–N with tert-alkyl or cyclic N) is 1. The molecule has 2 heterocycles. The standard InChI is InChI=1S/C21H32N2O5/c1-26-21(25)18-6-8-22(9-7-18)15-19(24)16-28-20-4-2-17(3-5-20)14-23-10-12-27-13-11-23/h2-5,18-19,24H,6-16H2,1H3. The zero-order chi connectivity index (χ0) is 19.8. The molecule has 0 bridgehead atoms. The number of nitrogens with zero attached hydrogens (tertiary/aromatic N) is 2. The second-order valence-electron chi connectivity index (χ2n) is 7.60. The van der Waals surface area contributed by atoms with E-state index in [0.717, 1.165) is 64.5 Å². The average molecular weight is 392 g/mol. The molecule has 0 radical (unpaired) electrons. The Bertz CT molecular complexity index is 595. The molecule has 28 heavy (non-hydrogen) atoms. The molecule has 0 aromatic heterocycles. The van der Waals surface area contributed by atoms with Crippen molar-refractivity contribution in [2.45, 2.75) is 25.5 Å². The highest BCUT2D eigenvalue weighted by molar-refractivity contribution is 5.72. The first kappa shape index (κ1) is 21.0. The number of likely N-dealkylation sites (tertiary alicyclic amines) is 1. The van der Waals surface area contributed by atoms with E-state index in [1.54, 1.807) is 0 Å². The molecule has 2 aliphatic rings. The van der Waals surface area contributed by atoms with Gasteiger partial charge in [-0.3, -0.25) is 9.69 Å². The van der Waals surface area contributed by atoms with Gasteiger partial charge in [0.15, 0.2) is 0 Å². The maximum absolute atomic E-state index is 11.6. The summed E-state index contributed by atoms with van der Waals surface area (Å²) in [4.78, 5) is 16.1. The van der Waals surface area contributed by atoms with E-state index >= 15 is 0 Å². The van der Waals surface area contributed by atoms with Crippen molar-refractivity contribution in [3.05, 3.63) is 29.8 Å². The van der Waals surface area contributed by atoms with Crippen molar-refractivity contribution < 1.29 is 24.1 Å². The quantitative estimate of drug-likeness (QED) is 0.665. The number of hydrogen-bond donors (Lipinski definition) is 1. The molecule has 0 saturated carbocycles. The van der Waals surface area contributed by atoms with Gasteiger partial charge >= 0.3 is 5.97 Å². The zero-order valence-electron chi connectivity index (χ0n) is 16.7. The van der Waals surface area contributed by atoms with Crippen molar-refractivity contribution in [3.63, 3.8) is 0 Å². The van der Waals surface area contributed by atoms with E-state index < -0.39 is 6.10 Å². The SMILES string of the molecule is COC(=O)C1CCN(CC(O)COc2ccc(CN3CCOCC3)cc2)CC1. The number of morpholine rings is 1. The summed E-state index contributed by atoms with van der Waals surface area (Å²) in [6.45, 7) is 6.90. The minimum atomic E-state index is -0.553. The monoisotopic (exact) mass is 392 g/mol. The Hall–Kier alpha value is -1.67. The van der Waals surface area contributed by atoms with Crippen LogP contribution in [0.5, 0.6) is 5.75 Å². The molecular formula is C21H32N2O5. The van der Waals surface area contributed by atoms with Crippen LogP contribution in [0, 0.1) is 5.92 Å². The minimum Gasteiger partial charge on any atom is -0.491 e. The Balaban J connectivity index is 1.35. The van der Waals surface area contributed by atoms with Crippen LogP contribution in [0.1, 0.15) is 18.4 Å². The summed E-state index contributed by atoms with van der Waals surface area (Å²) in [5.74, 6) is 0.639. The van der Waals surface area contributed by atoms with E-state index in [4.69, 9.17) is 14.2 Å². The van der Waals surface area contributed by atoms with Gasteiger partial charge in [0.05, 0.1) is 26.2 Å². The summed E-state index contributed by atoms with van der Waals surface area (Å²) >= 11 is 0. The second-order valence-corrected chi connectivity index (χ2v) is 7.60. The largest absolute Gasteiger partial charge is 0.491 e. The fraction of sp³-hybridized carbons (Fsp3) is 0.667. The fourth-order valence-electron chi connectivity index (χ4n) is 3.77. The van der Waals surface area contributed by atoms with E-state index in [9.17, 15) is 9.90 Å². The number of ether oxygens (including phenoxy) is 3. The first-order chi connectivity index (χ1) is 13.6. The number of aliphatic hydroxyl groups excluding tert-OH is 1. The first-order valence-corrected chi connectivity index (χ1v) is 10.1. The number of carbonyl (C=O) groups excluding carboxylic acids is 1. The van der Waals surface area contributed by atoms with Gasteiger partial charge in [-0.05, 0) is 43.6 Å². The summed E-state index contributed by atoms with van der Waals surface area (Å²) in [5, 5.41) is 10.3. The Morgan fingerprint density at radius 2 is 1.82 bits per heavy atom. The van der Waals surface area contributed by atoms with Crippen LogP contribution in [0.15, 0.2) is 24.3 Å². The molecular weight excluding hydrogens is 360 g/mol. The van der Waals surface area contributed by atoms with Crippen molar-refractivity contribution in [2.75, 3.05) is 59.7 Å². The lowest BCUT2D eigenvalue weighted by Crippen LogP contribution is -2.42. The van der Waals surface area contributed by atoms with E-state index in [2.05, 4.69) is 21.9 Å². The van der Waals surface area contributed by atoms with Crippen LogP contribution in [0.4, 0.5) is 0 Å². The Kier molecular flexibility index (Phi) is 8.09. The van der Waals surface area contributed by atoms with Gasteiger partial charge in [-0.25, -0.2) is 0 Å². The molecule has 0 aliphatic carbocycles. The molecule has 0 spiro atoms. The third kappa shape index (κ3) is 6.44. The van der Waals surface area contributed by atoms with Crippen LogP contribution in [-0.2, 0) is 20.8 Å². The van der Waals surface area contributed by atoms with Crippen molar-refractivity contribution in [2.24, 2.45) is 5.92 Å². The predicted octanol–water partition coefficient (Wildman–Crippen LogP) is 1.14. The van der Waals surface area contributed by atoms with Gasteiger partial charge in [-0.15, -0.1) is 0 Å². The lowest BCUT2D eigenvalue weighted by Gasteiger charge is -2.31. The Labute approximate surface area is 167 Å². The van der Waals surface area contributed by atoms with Crippen molar-refractivity contribution >= 4 is 5.97 Å². The number of piperidine rings is 1. The molecule has 7 nitrogen and oxygen atoms in total. The summed E-state index contributed by atoms with van der Waals surface area (Å²) in [5.41, 5.74) is 1.25. The van der Waals surface area contributed by atoms with E-state index in [1.807, 2.05) is 12.1 Å². The van der Waals surface area contributed by atoms with Crippen molar-refractivity contribution in [3.8, 4) is 5.75 Å². The Morgan fingerprint density at radius 3 is 2.46 bits per heavy atom. The van der Waals surface area contributed by atoms with Crippen LogP contribution in [0.25, 0.3) is 0 Å². The first-order valence-electron chi connectivity index (χ1n) is 10.1. The summed E-state index contributed by atoms with van der Waals surface area (Å²) < 4.78 is 15.9. The van der Waals surface area contributed by atoms with Crippen LogP contribution < -0.4 is 4.74 Å². The predicted molar refractivity (Wildman–Crippen MR) is 105 cm³/mol. The molecule has 2 aliphatic heterocycles. The van der Waals surface area contributed by atoms with Gasteiger partial charge in [0.25, 0.3) is 0 Å². The van der Waals surface area contributed by atoms with Gasteiger partial charge in [-0.1, -0.05) is 12.1 Å². The van der Waals surface area contributed by atoms with Crippen molar-refractivity contribution in [1.82, 2.24) is 9.80 Å². The van der Waals surface area contributed by atoms with Crippen LogP contribution in [0.2, 0.25) is 0 Å². The van der Waals surface area contributed by atoms with E-state index in [0.29, 0.717) is 6.54 Å². The summed E-state index contributed by atoms with van der Waals surface area (Å²) in [7, 11) is 1.44. The van der Waals surface area contributed by atoms with E-state index in [-0.39, 0.29) is 18.5 Å². The van der Waals surface area contributed by atoms with Gasteiger partial charge in [0, 0.05) is 26.2 Å². The Morgan fingerprint density at radius 1 is 1.14 bits per heavy atom. The molecule has 2 saturated heterocycles. The molecule has 1 aromatic rings. The zero-order valence-corrected chi connectivity index (χ0v) is 16.7. The highest BCUT2D eigenvalue weighted by Gasteiger charge is 2.26. The van der Waals surface area contributed by atoms with Crippen molar-refractivity contribution in [1.29, 1.82) is 0 Å². The maximum atomic E-state index is 11.6. The number of rotatable bonds is 8. The lowest BCUT2D eigenvalue weighted by atomic mass is 9.97. The number of esters is 1. The molecule has 3 rings (SSSR count). The molecule has 1 atom stereocenters. The molecule has 1 unspecified atom stereocenters. The van der Waals surface area contributed by atoms with Gasteiger partial charge < -0.3 is 24.2 Å². The van der Waals surface area contributed by atoms with Gasteiger partial charge in [0.2, 0.25) is 0 Å². The molecule has 7 heteroatoms. The van der Waals surface area contributed by atoms with Crippen LogP contribution in [-0.4, -0.2) is 86.6 Å². The summed E-state index contributed by atoms with van der Waals surface area (Å²) in [6.07, 6.45) is 1.01. The molecule has 1 N–H and O–H groups in total.